The number of carbonyl (C=O) groups is 2. The number of carbonyl (C=O) groups excluding carboxylic acids is 1. The monoisotopic (exact) mass is 471 g/mol. The summed E-state index contributed by atoms with van der Waals surface area (Å²) in [6, 6.07) is 11.1. The van der Waals surface area contributed by atoms with E-state index >= 15 is 0 Å². The zero-order chi connectivity index (χ0) is 18.4. The summed E-state index contributed by atoms with van der Waals surface area (Å²) in [6.45, 7) is 0.0509. The third kappa shape index (κ3) is 5.75. The maximum atomic E-state index is 11.9. The molecule has 1 atom stereocenters. The zero-order valence-electron chi connectivity index (χ0n) is 12.9. The first kappa shape index (κ1) is 19.3. The molecule has 0 heterocycles. The highest BCUT2D eigenvalue weighted by Crippen LogP contribution is 2.33. The molecule has 0 aliphatic heterocycles. The maximum Gasteiger partial charge on any atom is 0.408 e. The van der Waals surface area contributed by atoms with Gasteiger partial charge in [0.05, 0.1) is 8.95 Å². The maximum absolute atomic E-state index is 11.9. The molecule has 0 aliphatic rings. The standard InChI is InChI=1S/C17H15Br2NO5/c18-12-6-11(7-13(19)15(12)21)8-14(16(22)23)20-17(24)25-9-10-4-2-1-3-5-10/h1-7,14,21H,8-9H2,(H,20,24)(H,22,23)/t14-/m0/s1. The van der Waals surface area contributed by atoms with Gasteiger partial charge in [-0.2, -0.15) is 0 Å². The molecular formula is C17H15Br2NO5. The zero-order valence-corrected chi connectivity index (χ0v) is 16.1. The van der Waals surface area contributed by atoms with Crippen LogP contribution in [0.2, 0.25) is 0 Å². The van der Waals surface area contributed by atoms with E-state index in [9.17, 15) is 19.8 Å². The normalized spacial score (nSPS) is 11.6. The minimum absolute atomic E-state index is 0.0193. The van der Waals surface area contributed by atoms with Crippen LogP contribution in [0.3, 0.4) is 0 Å². The lowest BCUT2D eigenvalue weighted by Gasteiger charge is -2.15. The van der Waals surface area contributed by atoms with Crippen molar-refractivity contribution in [2.75, 3.05) is 0 Å². The van der Waals surface area contributed by atoms with E-state index in [1.54, 1.807) is 24.3 Å². The van der Waals surface area contributed by atoms with Crippen LogP contribution >= 0.6 is 31.9 Å². The van der Waals surface area contributed by atoms with Gasteiger partial charge >= 0.3 is 12.1 Å². The number of ether oxygens (including phenoxy) is 1. The predicted molar refractivity (Wildman–Crippen MR) is 98.4 cm³/mol. The third-order valence-electron chi connectivity index (χ3n) is 3.32. The number of hydrogen-bond acceptors (Lipinski definition) is 4. The highest BCUT2D eigenvalue weighted by Gasteiger charge is 2.22. The van der Waals surface area contributed by atoms with E-state index in [1.165, 1.54) is 0 Å². The number of hydrogen-bond donors (Lipinski definition) is 3. The SMILES string of the molecule is O=C(N[C@@H](Cc1cc(Br)c(O)c(Br)c1)C(=O)O)OCc1ccccc1. The molecule has 0 spiro atoms. The Balaban J connectivity index is 1.98. The lowest BCUT2D eigenvalue weighted by atomic mass is 10.1. The van der Waals surface area contributed by atoms with Gasteiger partial charge < -0.3 is 20.3 Å². The van der Waals surface area contributed by atoms with Crippen molar-refractivity contribution in [2.24, 2.45) is 0 Å². The van der Waals surface area contributed by atoms with Crippen molar-refractivity contribution in [3.8, 4) is 5.75 Å². The number of carboxylic acids is 1. The smallest absolute Gasteiger partial charge is 0.408 e. The fourth-order valence-electron chi connectivity index (χ4n) is 2.08. The van der Waals surface area contributed by atoms with Crippen LogP contribution < -0.4 is 5.32 Å². The van der Waals surface area contributed by atoms with Crippen LogP contribution in [0.25, 0.3) is 0 Å². The number of amides is 1. The quantitative estimate of drug-likeness (QED) is 0.593. The molecule has 25 heavy (non-hydrogen) atoms. The number of rotatable bonds is 6. The van der Waals surface area contributed by atoms with Crippen LogP contribution in [0.4, 0.5) is 4.79 Å². The van der Waals surface area contributed by atoms with Crippen molar-refractivity contribution in [2.45, 2.75) is 19.1 Å². The van der Waals surface area contributed by atoms with Gasteiger partial charge in [-0.3, -0.25) is 0 Å². The number of phenols is 1. The summed E-state index contributed by atoms with van der Waals surface area (Å²) in [5.41, 5.74) is 1.42. The number of alkyl carbamates (subject to hydrolysis) is 1. The molecule has 3 N–H and O–H groups in total. The van der Waals surface area contributed by atoms with Crippen molar-refractivity contribution in [3.63, 3.8) is 0 Å². The van der Waals surface area contributed by atoms with Gasteiger partial charge in [0.1, 0.15) is 18.4 Å². The first-order valence-corrected chi connectivity index (χ1v) is 8.82. The lowest BCUT2D eigenvalue weighted by molar-refractivity contribution is -0.139. The predicted octanol–water partition coefficient (Wildman–Crippen LogP) is 3.84. The van der Waals surface area contributed by atoms with E-state index < -0.39 is 18.1 Å². The number of phenolic OH excluding ortho intramolecular Hbond substituents is 1. The van der Waals surface area contributed by atoms with E-state index in [0.717, 1.165) is 5.56 Å². The summed E-state index contributed by atoms with van der Waals surface area (Å²) in [6.07, 6.45) is -0.777. The molecule has 8 heteroatoms. The van der Waals surface area contributed by atoms with Gasteiger partial charge in [0.2, 0.25) is 0 Å². The molecule has 0 aliphatic carbocycles. The molecule has 0 unspecified atom stereocenters. The van der Waals surface area contributed by atoms with E-state index in [1.807, 2.05) is 18.2 Å². The highest BCUT2D eigenvalue weighted by atomic mass is 79.9. The van der Waals surface area contributed by atoms with Gasteiger partial charge in [-0.05, 0) is 55.1 Å². The molecule has 2 rings (SSSR count). The number of halogens is 2. The minimum Gasteiger partial charge on any atom is -0.506 e. The van der Waals surface area contributed by atoms with E-state index in [4.69, 9.17) is 4.74 Å². The highest BCUT2D eigenvalue weighted by molar-refractivity contribution is 9.11. The molecular weight excluding hydrogens is 458 g/mol. The molecule has 2 aromatic carbocycles. The van der Waals surface area contributed by atoms with Crippen LogP contribution in [-0.2, 0) is 22.6 Å². The Labute approximate surface area is 161 Å². The Kier molecular flexibility index (Phi) is 6.83. The summed E-state index contributed by atoms with van der Waals surface area (Å²) < 4.78 is 5.89. The first-order valence-electron chi connectivity index (χ1n) is 7.23. The van der Waals surface area contributed by atoms with Gasteiger partial charge in [-0.1, -0.05) is 30.3 Å². The van der Waals surface area contributed by atoms with Crippen molar-refractivity contribution in [1.29, 1.82) is 0 Å². The molecule has 132 valence electrons. The van der Waals surface area contributed by atoms with Gasteiger partial charge in [0.15, 0.2) is 0 Å². The summed E-state index contributed by atoms with van der Waals surface area (Å²) in [4.78, 5) is 23.3. The fraction of sp³-hybridized carbons (Fsp3) is 0.176. The number of carboxylic acid groups (broad SMARTS) is 1. The summed E-state index contributed by atoms with van der Waals surface area (Å²) in [5.74, 6) is -1.16. The second kappa shape index (κ2) is 8.87. The molecule has 0 fully saturated rings. The summed E-state index contributed by atoms with van der Waals surface area (Å²) >= 11 is 6.37. The van der Waals surface area contributed by atoms with Crippen molar-refractivity contribution in [1.82, 2.24) is 5.32 Å². The number of aromatic hydroxyl groups is 1. The van der Waals surface area contributed by atoms with E-state index in [-0.39, 0.29) is 18.8 Å². The van der Waals surface area contributed by atoms with Gasteiger partial charge in [-0.15, -0.1) is 0 Å². The molecule has 0 radical (unpaired) electrons. The Bertz CT molecular complexity index is 744. The van der Waals surface area contributed by atoms with Crippen LogP contribution in [-0.4, -0.2) is 28.3 Å². The molecule has 1 amide bonds. The molecule has 0 saturated heterocycles. The average molecular weight is 473 g/mol. The fourth-order valence-corrected chi connectivity index (χ4v) is 3.36. The van der Waals surface area contributed by atoms with E-state index in [0.29, 0.717) is 14.5 Å². The Hall–Kier alpha value is -2.06. The molecule has 2 aromatic rings. The molecule has 0 bridgehead atoms. The van der Waals surface area contributed by atoms with Crippen LogP contribution in [0, 0.1) is 0 Å². The Morgan fingerprint density at radius 3 is 2.24 bits per heavy atom. The largest absolute Gasteiger partial charge is 0.506 e. The van der Waals surface area contributed by atoms with E-state index in [2.05, 4.69) is 37.2 Å². The Morgan fingerprint density at radius 2 is 1.68 bits per heavy atom. The van der Waals surface area contributed by atoms with Crippen LogP contribution in [0.15, 0.2) is 51.4 Å². The molecule has 0 saturated carbocycles. The molecule has 6 nitrogen and oxygen atoms in total. The lowest BCUT2D eigenvalue weighted by Crippen LogP contribution is -2.42. The van der Waals surface area contributed by atoms with Gasteiger partial charge in [0, 0.05) is 6.42 Å². The minimum atomic E-state index is -1.18. The summed E-state index contributed by atoms with van der Waals surface area (Å²) in [5, 5.41) is 21.4. The van der Waals surface area contributed by atoms with Gasteiger partial charge in [0.25, 0.3) is 0 Å². The summed E-state index contributed by atoms with van der Waals surface area (Å²) in [7, 11) is 0. The number of aliphatic carboxylic acids is 1. The number of nitrogens with one attached hydrogen (secondary N) is 1. The molecule has 0 aromatic heterocycles. The average Bonchev–Trinajstić information content (AvgIpc) is 2.58. The van der Waals surface area contributed by atoms with Crippen LogP contribution in [0.1, 0.15) is 11.1 Å². The number of benzene rings is 2. The Morgan fingerprint density at radius 1 is 1.08 bits per heavy atom. The van der Waals surface area contributed by atoms with Crippen molar-refractivity contribution in [3.05, 3.63) is 62.5 Å². The first-order chi connectivity index (χ1) is 11.9. The second-order valence-electron chi connectivity index (χ2n) is 5.21. The van der Waals surface area contributed by atoms with Gasteiger partial charge in [-0.25, -0.2) is 9.59 Å². The third-order valence-corrected chi connectivity index (χ3v) is 4.53. The van der Waals surface area contributed by atoms with Crippen molar-refractivity contribution >= 4 is 43.9 Å². The second-order valence-corrected chi connectivity index (χ2v) is 6.92. The topological polar surface area (TPSA) is 95.9 Å². The van der Waals surface area contributed by atoms with Crippen molar-refractivity contribution < 1.29 is 24.5 Å². The van der Waals surface area contributed by atoms with Crippen LogP contribution in [0.5, 0.6) is 5.75 Å².